The van der Waals surface area contributed by atoms with E-state index in [2.05, 4.69) is 26.7 Å². The molecule has 1 fully saturated rings. The maximum atomic E-state index is 5.83. The fourth-order valence-electron chi connectivity index (χ4n) is 2.70. The van der Waals surface area contributed by atoms with Gasteiger partial charge in [-0.1, -0.05) is 6.92 Å². The molecule has 5 nitrogen and oxygen atoms in total. The number of hydrogen-bond donors (Lipinski definition) is 1. The van der Waals surface area contributed by atoms with Crippen LogP contribution >= 0.6 is 0 Å². The Kier molecular flexibility index (Phi) is 4.71. The van der Waals surface area contributed by atoms with Crippen molar-refractivity contribution < 1.29 is 0 Å². The normalized spacial score (nSPS) is 18.6. The number of nitrogens with zero attached hydrogens (tertiary/aromatic N) is 4. The second kappa shape index (κ2) is 6.30. The van der Waals surface area contributed by atoms with Crippen molar-refractivity contribution in [1.82, 2.24) is 14.9 Å². The van der Waals surface area contributed by atoms with Crippen LogP contribution in [0.2, 0.25) is 0 Å². The molecule has 2 N–H and O–H groups in total. The molecule has 0 aliphatic carbocycles. The van der Waals surface area contributed by atoms with E-state index in [1.165, 1.54) is 0 Å². The van der Waals surface area contributed by atoms with Gasteiger partial charge in [-0.05, 0) is 20.3 Å². The minimum atomic E-state index is 0.520. The highest BCUT2D eigenvalue weighted by atomic mass is 15.3. The Morgan fingerprint density at radius 3 is 2.53 bits per heavy atom. The first kappa shape index (κ1) is 14.2. The Bertz CT molecular complexity index is 408. The first-order valence-electron chi connectivity index (χ1n) is 7.15. The van der Waals surface area contributed by atoms with Gasteiger partial charge < -0.3 is 10.6 Å². The lowest BCUT2D eigenvalue weighted by atomic mass is 10.1. The molecule has 2 heterocycles. The largest absolute Gasteiger partial charge is 0.353 e. The number of aryl methyl sites for hydroxylation is 2. The molecule has 1 atom stereocenters. The van der Waals surface area contributed by atoms with E-state index in [-0.39, 0.29) is 0 Å². The van der Waals surface area contributed by atoms with Crippen molar-refractivity contribution in [3.8, 4) is 0 Å². The number of rotatable bonds is 4. The fraction of sp³-hybridized carbons (Fsp3) is 0.714. The Morgan fingerprint density at radius 1 is 1.26 bits per heavy atom. The molecule has 0 bridgehead atoms. The van der Waals surface area contributed by atoms with Gasteiger partial charge in [0, 0.05) is 45.0 Å². The molecule has 0 spiro atoms. The van der Waals surface area contributed by atoms with Crippen LogP contribution in [0.15, 0.2) is 6.20 Å². The standard InChI is InChI=1S/C14H25N5/c1-4-13(9-15)18-5-7-19(8-6-18)14-12(3)16-10-11(2)17-14/h10,13H,4-9,15H2,1-3H3. The summed E-state index contributed by atoms with van der Waals surface area (Å²) < 4.78 is 0. The number of aromatic nitrogens is 2. The third-order valence-electron chi connectivity index (χ3n) is 3.92. The van der Waals surface area contributed by atoms with E-state index in [1.807, 2.05) is 20.0 Å². The molecular weight excluding hydrogens is 238 g/mol. The Morgan fingerprint density at radius 2 is 1.95 bits per heavy atom. The van der Waals surface area contributed by atoms with Gasteiger partial charge in [-0.25, -0.2) is 4.98 Å². The molecule has 1 aromatic heterocycles. The van der Waals surface area contributed by atoms with Crippen molar-refractivity contribution in [2.45, 2.75) is 33.2 Å². The molecule has 5 heteroatoms. The van der Waals surface area contributed by atoms with E-state index in [9.17, 15) is 0 Å². The summed E-state index contributed by atoms with van der Waals surface area (Å²) in [5, 5.41) is 0. The van der Waals surface area contributed by atoms with Crippen molar-refractivity contribution in [3.63, 3.8) is 0 Å². The van der Waals surface area contributed by atoms with Crippen LogP contribution in [0.1, 0.15) is 24.7 Å². The van der Waals surface area contributed by atoms with Gasteiger partial charge >= 0.3 is 0 Å². The van der Waals surface area contributed by atoms with Crippen LogP contribution in [-0.2, 0) is 0 Å². The van der Waals surface area contributed by atoms with Crippen LogP contribution in [0.3, 0.4) is 0 Å². The molecule has 19 heavy (non-hydrogen) atoms. The van der Waals surface area contributed by atoms with E-state index in [0.29, 0.717) is 6.04 Å². The molecule has 1 unspecified atom stereocenters. The summed E-state index contributed by atoms with van der Waals surface area (Å²) >= 11 is 0. The molecule has 106 valence electrons. The summed E-state index contributed by atoms with van der Waals surface area (Å²) in [5.74, 6) is 1.04. The predicted molar refractivity (Wildman–Crippen MR) is 78.4 cm³/mol. The van der Waals surface area contributed by atoms with Crippen LogP contribution in [0, 0.1) is 13.8 Å². The predicted octanol–water partition coefficient (Wildman–Crippen LogP) is 0.953. The average molecular weight is 263 g/mol. The maximum absolute atomic E-state index is 5.83. The summed E-state index contributed by atoms with van der Waals surface area (Å²) in [7, 11) is 0. The molecule has 0 radical (unpaired) electrons. The van der Waals surface area contributed by atoms with Crippen molar-refractivity contribution in [2.24, 2.45) is 5.73 Å². The Labute approximate surface area is 115 Å². The molecular formula is C14H25N5. The van der Waals surface area contributed by atoms with Gasteiger partial charge in [-0.2, -0.15) is 0 Å². The van der Waals surface area contributed by atoms with Crippen molar-refractivity contribution in [3.05, 3.63) is 17.6 Å². The highest BCUT2D eigenvalue weighted by molar-refractivity contribution is 5.43. The summed E-state index contributed by atoms with van der Waals surface area (Å²) in [6.07, 6.45) is 2.95. The average Bonchev–Trinajstić information content (AvgIpc) is 2.44. The van der Waals surface area contributed by atoms with Crippen molar-refractivity contribution in [2.75, 3.05) is 37.6 Å². The fourth-order valence-corrected chi connectivity index (χ4v) is 2.70. The SMILES string of the molecule is CCC(CN)N1CCN(c2nc(C)cnc2C)CC1. The molecule has 1 aliphatic rings. The highest BCUT2D eigenvalue weighted by Gasteiger charge is 2.23. The van der Waals surface area contributed by atoms with Crippen LogP contribution in [-0.4, -0.2) is 53.6 Å². The quantitative estimate of drug-likeness (QED) is 0.876. The molecule has 1 saturated heterocycles. The molecule has 1 aliphatic heterocycles. The third kappa shape index (κ3) is 3.22. The van der Waals surface area contributed by atoms with Gasteiger partial charge in [-0.15, -0.1) is 0 Å². The first-order chi connectivity index (χ1) is 9.15. The topological polar surface area (TPSA) is 58.3 Å². The summed E-state index contributed by atoms with van der Waals surface area (Å²) in [6.45, 7) is 11.1. The second-order valence-electron chi connectivity index (χ2n) is 5.24. The maximum Gasteiger partial charge on any atom is 0.150 e. The van der Waals surface area contributed by atoms with Gasteiger partial charge in [0.15, 0.2) is 0 Å². The van der Waals surface area contributed by atoms with Crippen LogP contribution < -0.4 is 10.6 Å². The van der Waals surface area contributed by atoms with E-state index in [1.54, 1.807) is 0 Å². The monoisotopic (exact) mass is 263 g/mol. The van der Waals surface area contributed by atoms with Crippen LogP contribution in [0.4, 0.5) is 5.82 Å². The number of piperazine rings is 1. The van der Waals surface area contributed by atoms with Gasteiger partial charge in [0.25, 0.3) is 0 Å². The van der Waals surface area contributed by atoms with Crippen LogP contribution in [0.5, 0.6) is 0 Å². The Hall–Kier alpha value is -1.20. The summed E-state index contributed by atoms with van der Waals surface area (Å²) in [6, 6.07) is 0.520. The minimum absolute atomic E-state index is 0.520. The lowest BCUT2D eigenvalue weighted by Crippen LogP contribution is -2.52. The lowest BCUT2D eigenvalue weighted by Gasteiger charge is -2.39. The van der Waals surface area contributed by atoms with Gasteiger partial charge in [-0.3, -0.25) is 9.88 Å². The zero-order valence-corrected chi connectivity index (χ0v) is 12.3. The van der Waals surface area contributed by atoms with Gasteiger partial charge in [0.2, 0.25) is 0 Å². The van der Waals surface area contributed by atoms with E-state index < -0.39 is 0 Å². The highest BCUT2D eigenvalue weighted by Crippen LogP contribution is 2.18. The second-order valence-corrected chi connectivity index (χ2v) is 5.24. The zero-order valence-electron chi connectivity index (χ0n) is 12.3. The van der Waals surface area contributed by atoms with Crippen molar-refractivity contribution >= 4 is 5.82 Å². The number of hydrogen-bond acceptors (Lipinski definition) is 5. The number of anilines is 1. The van der Waals surface area contributed by atoms with Gasteiger partial charge in [0.05, 0.1) is 11.4 Å². The molecule has 0 aromatic carbocycles. The third-order valence-corrected chi connectivity index (χ3v) is 3.92. The minimum Gasteiger partial charge on any atom is -0.353 e. The van der Waals surface area contributed by atoms with Crippen molar-refractivity contribution in [1.29, 1.82) is 0 Å². The smallest absolute Gasteiger partial charge is 0.150 e. The van der Waals surface area contributed by atoms with Gasteiger partial charge in [0.1, 0.15) is 5.82 Å². The van der Waals surface area contributed by atoms with Crippen LogP contribution in [0.25, 0.3) is 0 Å². The van der Waals surface area contributed by atoms with E-state index >= 15 is 0 Å². The lowest BCUT2D eigenvalue weighted by molar-refractivity contribution is 0.184. The molecule has 1 aromatic rings. The summed E-state index contributed by atoms with van der Waals surface area (Å²) in [5.41, 5.74) is 7.83. The van der Waals surface area contributed by atoms with E-state index in [0.717, 1.165) is 56.4 Å². The first-order valence-corrected chi connectivity index (χ1v) is 7.15. The van der Waals surface area contributed by atoms with E-state index in [4.69, 9.17) is 5.73 Å². The number of nitrogens with two attached hydrogens (primary N) is 1. The zero-order chi connectivity index (χ0) is 13.8. The summed E-state index contributed by atoms with van der Waals surface area (Å²) in [4.78, 5) is 13.9. The molecule has 0 amide bonds. The molecule has 0 saturated carbocycles. The molecule has 2 rings (SSSR count). The Balaban J connectivity index is 2.01.